The first kappa shape index (κ1) is 23.7. The molecule has 7 heteroatoms. The van der Waals surface area contributed by atoms with E-state index in [0.717, 1.165) is 37.2 Å². The largest absolute Gasteiger partial charge is 0.459 e. The van der Waals surface area contributed by atoms with Crippen LogP contribution in [0.25, 0.3) is 0 Å². The molecule has 0 aliphatic carbocycles. The predicted octanol–water partition coefficient (Wildman–Crippen LogP) is 6.02. The van der Waals surface area contributed by atoms with Crippen molar-refractivity contribution in [1.29, 1.82) is 0 Å². The topological polar surface area (TPSA) is 67.3 Å². The van der Waals surface area contributed by atoms with Gasteiger partial charge in [-0.05, 0) is 62.1 Å². The normalized spacial score (nSPS) is 15.1. The zero-order chi connectivity index (χ0) is 24.1. The van der Waals surface area contributed by atoms with Crippen molar-refractivity contribution in [2.75, 3.05) is 16.8 Å². The number of ether oxygens (including phenoxy) is 1. The van der Waals surface area contributed by atoms with E-state index in [1.165, 1.54) is 23.3 Å². The molecule has 0 bridgehead atoms. The van der Waals surface area contributed by atoms with Crippen LogP contribution in [0.15, 0.2) is 48.5 Å². The van der Waals surface area contributed by atoms with E-state index in [1.54, 1.807) is 12.1 Å². The van der Waals surface area contributed by atoms with E-state index in [4.69, 9.17) is 9.72 Å². The SMILES string of the molecule is CCCCC(=O)OCc1nc(Nc2ccc(F)cc2)nc(N2CCc3ccccc3C2C)c1C. The van der Waals surface area contributed by atoms with Crippen molar-refractivity contribution in [2.45, 2.75) is 59.1 Å². The summed E-state index contributed by atoms with van der Waals surface area (Å²) in [6.07, 6.45) is 3.06. The van der Waals surface area contributed by atoms with E-state index < -0.39 is 0 Å². The number of carbonyl (C=O) groups is 1. The lowest BCUT2D eigenvalue weighted by Gasteiger charge is -2.37. The summed E-state index contributed by atoms with van der Waals surface area (Å²) in [6, 6.07) is 14.7. The third kappa shape index (κ3) is 5.35. The van der Waals surface area contributed by atoms with E-state index in [0.29, 0.717) is 23.8 Å². The van der Waals surface area contributed by atoms with Crippen molar-refractivity contribution in [3.63, 3.8) is 0 Å². The molecule has 0 saturated heterocycles. The van der Waals surface area contributed by atoms with E-state index in [2.05, 4.69) is 46.4 Å². The summed E-state index contributed by atoms with van der Waals surface area (Å²) in [5.41, 5.74) is 4.86. The van der Waals surface area contributed by atoms with Gasteiger partial charge in [-0.15, -0.1) is 0 Å². The van der Waals surface area contributed by atoms with Crippen LogP contribution in [-0.2, 0) is 22.6 Å². The van der Waals surface area contributed by atoms with Crippen LogP contribution in [-0.4, -0.2) is 22.5 Å². The molecule has 1 aliphatic rings. The Kier molecular flexibility index (Phi) is 7.40. The maximum absolute atomic E-state index is 13.4. The number of aromatic nitrogens is 2. The van der Waals surface area contributed by atoms with Crippen molar-refractivity contribution in [2.24, 2.45) is 0 Å². The highest BCUT2D eigenvalue weighted by atomic mass is 19.1. The molecule has 34 heavy (non-hydrogen) atoms. The number of hydrogen-bond acceptors (Lipinski definition) is 6. The number of unbranched alkanes of at least 4 members (excludes halogenated alkanes) is 1. The minimum Gasteiger partial charge on any atom is -0.459 e. The first-order valence-electron chi connectivity index (χ1n) is 11.9. The van der Waals surface area contributed by atoms with Gasteiger partial charge in [-0.3, -0.25) is 4.79 Å². The van der Waals surface area contributed by atoms with Crippen LogP contribution in [0.2, 0.25) is 0 Å². The Morgan fingerprint density at radius 1 is 1.18 bits per heavy atom. The number of fused-ring (bicyclic) bond motifs is 1. The van der Waals surface area contributed by atoms with E-state index in [-0.39, 0.29) is 24.4 Å². The van der Waals surface area contributed by atoms with Gasteiger partial charge < -0.3 is 15.0 Å². The molecule has 178 valence electrons. The predicted molar refractivity (Wildman–Crippen MR) is 132 cm³/mol. The lowest BCUT2D eigenvalue weighted by atomic mass is 9.93. The average Bonchev–Trinajstić information content (AvgIpc) is 2.85. The van der Waals surface area contributed by atoms with Crippen molar-refractivity contribution in [3.05, 3.63) is 76.7 Å². The van der Waals surface area contributed by atoms with Gasteiger partial charge in [-0.1, -0.05) is 37.6 Å². The van der Waals surface area contributed by atoms with Crippen LogP contribution in [0, 0.1) is 12.7 Å². The van der Waals surface area contributed by atoms with Crippen molar-refractivity contribution >= 4 is 23.4 Å². The Bertz CT molecular complexity index is 1150. The molecule has 0 saturated carbocycles. The molecule has 6 nitrogen and oxygen atoms in total. The summed E-state index contributed by atoms with van der Waals surface area (Å²) < 4.78 is 18.9. The summed E-state index contributed by atoms with van der Waals surface area (Å²) in [4.78, 5) is 23.9. The molecule has 2 aromatic carbocycles. The molecule has 0 radical (unpaired) electrons. The summed E-state index contributed by atoms with van der Waals surface area (Å²) in [5.74, 6) is 0.658. The van der Waals surface area contributed by atoms with Crippen LogP contribution in [0.1, 0.15) is 61.5 Å². The van der Waals surface area contributed by atoms with Crippen molar-refractivity contribution in [1.82, 2.24) is 9.97 Å². The summed E-state index contributed by atoms with van der Waals surface area (Å²) in [5, 5.41) is 3.18. The lowest BCUT2D eigenvalue weighted by Crippen LogP contribution is -2.35. The van der Waals surface area contributed by atoms with Crippen LogP contribution < -0.4 is 10.2 Å². The maximum Gasteiger partial charge on any atom is 0.306 e. The smallest absolute Gasteiger partial charge is 0.306 e. The molecule has 4 rings (SSSR count). The first-order valence-corrected chi connectivity index (χ1v) is 11.9. The maximum atomic E-state index is 13.4. The fourth-order valence-corrected chi connectivity index (χ4v) is 4.29. The van der Waals surface area contributed by atoms with Crippen LogP contribution in [0.3, 0.4) is 0 Å². The Balaban J connectivity index is 1.66. The second kappa shape index (κ2) is 10.6. The molecular weight excluding hydrogens is 431 g/mol. The summed E-state index contributed by atoms with van der Waals surface area (Å²) in [7, 11) is 0. The molecule has 1 aliphatic heterocycles. The van der Waals surface area contributed by atoms with Gasteiger partial charge in [0.05, 0.1) is 11.7 Å². The van der Waals surface area contributed by atoms with Crippen LogP contribution in [0.5, 0.6) is 0 Å². The Hall–Kier alpha value is -3.48. The Labute approximate surface area is 200 Å². The summed E-state index contributed by atoms with van der Waals surface area (Å²) >= 11 is 0. The molecule has 1 atom stereocenters. The minimum atomic E-state index is -0.309. The third-order valence-electron chi connectivity index (χ3n) is 6.29. The highest BCUT2D eigenvalue weighted by Crippen LogP contribution is 2.35. The quantitative estimate of drug-likeness (QED) is 0.413. The highest BCUT2D eigenvalue weighted by Gasteiger charge is 2.27. The van der Waals surface area contributed by atoms with E-state index >= 15 is 0 Å². The number of anilines is 3. The number of hydrogen-bond donors (Lipinski definition) is 1. The Morgan fingerprint density at radius 3 is 2.71 bits per heavy atom. The molecule has 1 N–H and O–H groups in total. The first-order chi connectivity index (χ1) is 16.5. The van der Waals surface area contributed by atoms with Gasteiger partial charge in [0.1, 0.15) is 18.2 Å². The van der Waals surface area contributed by atoms with Gasteiger partial charge in [0.2, 0.25) is 5.95 Å². The zero-order valence-electron chi connectivity index (χ0n) is 20.0. The number of halogens is 1. The number of nitrogens with one attached hydrogen (secondary N) is 1. The molecule has 3 aromatic rings. The van der Waals surface area contributed by atoms with E-state index in [1.807, 2.05) is 13.8 Å². The molecule has 0 spiro atoms. The van der Waals surface area contributed by atoms with Gasteiger partial charge in [0, 0.05) is 24.2 Å². The molecule has 1 aromatic heterocycles. The van der Waals surface area contributed by atoms with E-state index in [9.17, 15) is 9.18 Å². The van der Waals surface area contributed by atoms with Gasteiger partial charge in [0.25, 0.3) is 0 Å². The molecule has 1 unspecified atom stereocenters. The Morgan fingerprint density at radius 2 is 1.94 bits per heavy atom. The molecule has 0 fully saturated rings. The lowest BCUT2D eigenvalue weighted by molar-refractivity contribution is -0.145. The van der Waals surface area contributed by atoms with Crippen molar-refractivity contribution < 1.29 is 13.9 Å². The molecule has 2 heterocycles. The van der Waals surface area contributed by atoms with Crippen LogP contribution >= 0.6 is 0 Å². The average molecular weight is 463 g/mol. The second-order valence-electron chi connectivity index (χ2n) is 8.66. The van der Waals surface area contributed by atoms with Gasteiger partial charge in [-0.2, -0.15) is 4.98 Å². The van der Waals surface area contributed by atoms with Gasteiger partial charge >= 0.3 is 5.97 Å². The number of carbonyl (C=O) groups excluding carboxylic acids is 1. The highest BCUT2D eigenvalue weighted by molar-refractivity contribution is 5.69. The van der Waals surface area contributed by atoms with Gasteiger partial charge in [0.15, 0.2) is 0 Å². The number of rotatable bonds is 8. The van der Waals surface area contributed by atoms with Crippen LogP contribution in [0.4, 0.5) is 21.8 Å². The fraction of sp³-hybridized carbons (Fsp3) is 0.370. The standard InChI is InChI=1S/C27H31FN4O2/c1-4-5-10-25(33)34-17-24-18(2)26(31-27(30-24)29-22-13-11-21(28)12-14-22)32-16-15-20-8-6-7-9-23(20)19(32)3/h6-9,11-14,19H,4-5,10,15-17H2,1-3H3,(H,29,30,31). The number of benzene rings is 2. The third-order valence-corrected chi connectivity index (χ3v) is 6.29. The van der Waals surface area contributed by atoms with Gasteiger partial charge in [-0.25, -0.2) is 9.37 Å². The monoisotopic (exact) mass is 462 g/mol. The minimum absolute atomic E-state index is 0.0841. The fourth-order valence-electron chi connectivity index (χ4n) is 4.29. The number of esters is 1. The second-order valence-corrected chi connectivity index (χ2v) is 8.66. The summed E-state index contributed by atoms with van der Waals surface area (Å²) in [6.45, 7) is 7.10. The molecular formula is C27H31FN4O2. The zero-order valence-corrected chi connectivity index (χ0v) is 20.0. The van der Waals surface area contributed by atoms with Crippen molar-refractivity contribution in [3.8, 4) is 0 Å². The molecule has 0 amide bonds. The number of nitrogens with zero attached hydrogens (tertiary/aromatic N) is 3.